The second-order valence-electron chi connectivity index (χ2n) is 19.5. The molecular formula is C42H70O34. The summed E-state index contributed by atoms with van der Waals surface area (Å²) in [6.07, 6.45) is -65.6. The molecule has 0 aromatic rings. The molecule has 21 fully saturated rings. The van der Waals surface area contributed by atoms with Crippen molar-refractivity contribution < 1.29 is 168 Å². The molecule has 76 heavy (non-hydrogen) atoms. The molecule has 21 aliphatic rings. The second-order valence-corrected chi connectivity index (χ2v) is 19.5. The minimum Gasteiger partial charge on any atom is -0.394 e. The third-order valence-corrected chi connectivity index (χ3v) is 14.7. The maximum absolute atomic E-state index is 11.3. The molecule has 21 saturated heterocycles. The molecule has 442 valence electrons. The molecule has 34 atom stereocenters. The Bertz CT molecular complexity index is 1780. The molecule has 0 radical (unpaired) electrons. The first kappa shape index (κ1) is 60.7. The van der Waals surface area contributed by atoms with Crippen molar-refractivity contribution in [3.8, 4) is 0 Å². The summed E-state index contributed by atoms with van der Waals surface area (Å²) in [7, 11) is 0. The van der Waals surface area contributed by atoms with E-state index in [2.05, 4.69) is 0 Å². The zero-order chi connectivity index (χ0) is 55.2. The molecule has 20 unspecified atom stereocenters. The molecule has 21 aliphatic heterocycles. The van der Waals surface area contributed by atoms with Crippen LogP contribution in [0.5, 0.6) is 0 Å². The first-order valence-electron chi connectivity index (χ1n) is 24.5. The van der Waals surface area contributed by atoms with E-state index in [0.29, 0.717) is 0 Å². The zero-order valence-corrected chi connectivity index (χ0v) is 39.9. The van der Waals surface area contributed by atoms with Crippen molar-refractivity contribution in [1.82, 2.24) is 0 Å². The van der Waals surface area contributed by atoms with Gasteiger partial charge in [-0.3, -0.25) is 0 Å². The Hall–Kier alpha value is -1.36. The van der Waals surface area contributed by atoms with Crippen LogP contribution in [0.25, 0.3) is 0 Å². The third kappa shape index (κ3) is 11.9. The van der Waals surface area contributed by atoms with Crippen molar-refractivity contribution >= 4 is 0 Å². The highest BCUT2D eigenvalue weighted by molar-refractivity contribution is 5.01. The van der Waals surface area contributed by atoms with Gasteiger partial charge in [-0.15, -0.1) is 0 Å². The lowest BCUT2D eigenvalue weighted by Crippen LogP contribution is -2.68. The summed E-state index contributed by atoms with van der Waals surface area (Å²) in [6.45, 7) is -6.95. The highest BCUT2D eigenvalue weighted by atomic mass is 16.8. The van der Waals surface area contributed by atoms with Crippen molar-refractivity contribution in [2.24, 2.45) is 0 Å². The number of rotatable bonds is 7. The van der Waals surface area contributed by atoms with Crippen LogP contribution < -0.4 is 0 Å². The third-order valence-electron chi connectivity index (χ3n) is 14.7. The summed E-state index contributed by atoms with van der Waals surface area (Å²) in [5, 5.41) is 219. The Morgan fingerprint density at radius 1 is 0.211 bits per heavy atom. The lowest BCUT2D eigenvalue weighted by molar-refractivity contribution is -0.396. The Balaban J connectivity index is 1.07. The van der Waals surface area contributed by atoms with Crippen LogP contribution in [0.4, 0.5) is 0 Å². The lowest BCUT2D eigenvalue weighted by Gasteiger charge is -2.50. The number of aliphatic hydroxyl groups excluding tert-OH is 20. The predicted octanol–water partition coefficient (Wildman–Crippen LogP) is -14.2. The molecule has 21 rings (SSSR count). The summed E-state index contributed by atoms with van der Waals surface area (Å²) < 4.78 is 80.0. The molecule has 21 heterocycles. The van der Waals surface area contributed by atoms with Crippen LogP contribution in [0.15, 0.2) is 0 Å². The fourth-order valence-corrected chi connectivity index (χ4v) is 10.4. The highest BCUT2D eigenvalue weighted by Gasteiger charge is 2.59. The average molecular weight is 1120 g/mol. The summed E-state index contributed by atoms with van der Waals surface area (Å²) in [5.41, 5.74) is 0. The number of hydrogen-bond acceptors (Lipinski definition) is 34. The fraction of sp³-hybridized carbons (Fsp3) is 1.00. The molecule has 0 aromatic carbocycles. The molecule has 0 saturated carbocycles. The highest BCUT2D eigenvalue weighted by Crippen LogP contribution is 2.38. The van der Waals surface area contributed by atoms with Gasteiger partial charge in [-0.25, -0.2) is 0 Å². The first-order chi connectivity index (χ1) is 36.2. The van der Waals surface area contributed by atoms with Crippen molar-refractivity contribution in [1.29, 1.82) is 0 Å². The normalized spacial score (nSPS) is 54.9. The SMILES string of the molecule is OCC1O[C@@H]2O[C@@H]3C(CO)O[C@H](O[C@@H]4C(CO)O[C@@H](O[C@@H]5C(CO)O[C@@H](O[C@@H]6C(CO)O[C@H](O[C@@H]7C(CO)O[C@H](O[C@H]8CC(O)[C@H](OC8CO)O[C@H]1C(O)C2O)C(O)C7O)C(O)C6O)C(O)C5O)C(O)C4O)C(O)C3O. The second kappa shape index (κ2) is 25.8. The molecule has 34 heteroatoms. The van der Waals surface area contributed by atoms with E-state index in [4.69, 9.17) is 66.3 Å². The molecule has 14 bridgehead atoms. The Labute approximate surface area is 429 Å². The van der Waals surface area contributed by atoms with E-state index in [1.54, 1.807) is 0 Å². The van der Waals surface area contributed by atoms with Gasteiger partial charge in [0.2, 0.25) is 0 Å². The van der Waals surface area contributed by atoms with Gasteiger partial charge in [-0.1, -0.05) is 0 Å². The topological polar surface area (TPSA) is 534 Å². The van der Waals surface area contributed by atoms with Crippen LogP contribution in [0.1, 0.15) is 6.42 Å². The van der Waals surface area contributed by atoms with Gasteiger partial charge in [0.25, 0.3) is 0 Å². The van der Waals surface area contributed by atoms with Gasteiger partial charge in [0.1, 0.15) is 159 Å². The largest absolute Gasteiger partial charge is 0.394 e. The maximum atomic E-state index is 11.3. The summed E-state index contributed by atoms with van der Waals surface area (Å²) in [4.78, 5) is 0. The fourth-order valence-electron chi connectivity index (χ4n) is 10.4. The standard InChI is InChI=1S/C42H70O34/c43-2-11-10-1-9(50)36(64-11)71-30-12(3-44)66-38(25(58)19(30)52)73-32-14(5-46)68-40(27(60)21(32)54)75-34-16(7-48)70-42(29(62)23(34)56)76-35-17(8-49)69-41(28(61)22(35)55)74-33-15(6-47)67-39(26(59)20(33)53)72-31-13(4-45)65-37(63-10)24(57)18(31)51/h9-62H,1-8H2/t9?,10-,11?,12?,13?,14?,15?,16?,17?,18?,19?,20?,21?,22?,23?,24?,25?,26?,27?,28?,29?,30+,31+,32+,33+,34+,35+,36+,37-,38+,39+,40+,41-,42-/m0/s1. The van der Waals surface area contributed by atoms with Crippen LogP contribution in [0.2, 0.25) is 0 Å². The van der Waals surface area contributed by atoms with Gasteiger partial charge < -0.3 is 168 Å². The van der Waals surface area contributed by atoms with E-state index < -0.39 is 262 Å². The van der Waals surface area contributed by atoms with Gasteiger partial charge in [0.05, 0.1) is 52.4 Å². The zero-order valence-electron chi connectivity index (χ0n) is 39.9. The van der Waals surface area contributed by atoms with E-state index in [1.807, 2.05) is 0 Å². The average Bonchev–Trinajstić information content (AvgIpc) is 3.42. The van der Waals surface area contributed by atoms with Crippen LogP contribution >= 0.6 is 0 Å². The van der Waals surface area contributed by atoms with Gasteiger partial charge in [-0.2, -0.15) is 0 Å². The number of ether oxygens (including phenoxy) is 14. The molecule has 20 N–H and O–H groups in total. The molecule has 0 aliphatic carbocycles. The van der Waals surface area contributed by atoms with Gasteiger partial charge in [0.15, 0.2) is 44.0 Å². The Kier molecular flexibility index (Phi) is 20.6. The maximum Gasteiger partial charge on any atom is 0.187 e. The Morgan fingerprint density at radius 2 is 0.395 bits per heavy atom. The van der Waals surface area contributed by atoms with E-state index in [9.17, 15) is 102 Å². The molecular weight excluding hydrogens is 1050 g/mol. The van der Waals surface area contributed by atoms with E-state index in [-0.39, 0.29) is 0 Å². The van der Waals surface area contributed by atoms with Crippen LogP contribution in [0, 0.1) is 0 Å². The minimum absolute atomic E-state index is 0.504. The van der Waals surface area contributed by atoms with E-state index in [0.717, 1.165) is 0 Å². The van der Waals surface area contributed by atoms with Crippen LogP contribution in [0.3, 0.4) is 0 Å². The van der Waals surface area contributed by atoms with Crippen molar-refractivity contribution in [3.63, 3.8) is 0 Å². The number of aliphatic hydroxyl groups is 20. The summed E-state index contributed by atoms with van der Waals surface area (Å²) >= 11 is 0. The number of hydrogen-bond donors (Lipinski definition) is 20. The van der Waals surface area contributed by atoms with Crippen molar-refractivity contribution in [2.75, 3.05) is 46.2 Å². The Morgan fingerprint density at radius 3 is 0.605 bits per heavy atom. The first-order valence-corrected chi connectivity index (χ1v) is 24.5. The summed E-state index contributed by atoms with van der Waals surface area (Å²) in [6, 6.07) is 0. The van der Waals surface area contributed by atoms with Crippen molar-refractivity contribution in [2.45, 2.75) is 215 Å². The van der Waals surface area contributed by atoms with Gasteiger partial charge in [0, 0.05) is 6.42 Å². The predicted molar refractivity (Wildman–Crippen MR) is 227 cm³/mol. The molecule has 0 aromatic heterocycles. The molecule has 34 nitrogen and oxygen atoms in total. The molecule has 0 amide bonds. The lowest BCUT2D eigenvalue weighted by atomic mass is 9.95. The summed E-state index contributed by atoms with van der Waals surface area (Å²) in [5.74, 6) is 0. The monoisotopic (exact) mass is 1120 g/mol. The van der Waals surface area contributed by atoms with Gasteiger partial charge >= 0.3 is 0 Å². The van der Waals surface area contributed by atoms with Crippen molar-refractivity contribution in [3.05, 3.63) is 0 Å². The van der Waals surface area contributed by atoms with Crippen LogP contribution in [-0.2, 0) is 66.3 Å². The van der Waals surface area contributed by atoms with E-state index in [1.165, 1.54) is 0 Å². The minimum atomic E-state index is -2.19. The molecule has 0 spiro atoms. The quantitative estimate of drug-likeness (QED) is 0.113. The van der Waals surface area contributed by atoms with Gasteiger partial charge in [-0.05, 0) is 0 Å². The van der Waals surface area contributed by atoms with Crippen LogP contribution in [-0.4, -0.2) is 357 Å². The smallest absolute Gasteiger partial charge is 0.187 e. The van der Waals surface area contributed by atoms with E-state index >= 15 is 0 Å².